The Labute approximate surface area is 112 Å². The zero-order valence-corrected chi connectivity index (χ0v) is 11.0. The SMILES string of the molecule is COBNc1ccc(OCCCl)c2ccccc12. The largest absolute Gasteiger partial charge is 0.492 e. The maximum atomic E-state index is 5.65. The van der Waals surface area contributed by atoms with E-state index in [9.17, 15) is 0 Å². The fraction of sp³-hybridized carbons (Fsp3) is 0.231. The molecule has 2 rings (SSSR count). The van der Waals surface area contributed by atoms with Gasteiger partial charge in [0.05, 0.1) is 5.88 Å². The van der Waals surface area contributed by atoms with Crippen molar-refractivity contribution in [2.45, 2.75) is 0 Å². The number of alkyl halides is 1. The second kappa shape index (κ2) is 6.52. The highest BCUT2D eigenvalue weighted by atomic mass is 35.5. The summed E-state index contributed by atoms with van der Waals surface area (Å²) in [6, 6.07) is 12.0. The molecule has 0 atom stereocenters. The van der Waals surface area contributed by atoms with Gasteiger partial charge in [0.25, 0.3) is 0 Å². The Morgan fingerprint density at radius 3 is 2.67 bits per heavy atom. The van der Waals surface area contributed by atoms with Crippen LogP contribution in [-0.4, -0.2) is 27.2 Å². The van der Waals surface area contributed by atoms with E-state index in [1.54, 1.807) is 7.11 Å². The number of rotatable bonds is 6. The molecule has 0 fully saturated rings. The fourth-order valence-corrected chi connectivity index (χ4v) is 1.93. The van der Waals surface area contributed by atoms with E-state index in [0.717, 1.165) is 22.2 Å². The minimum atomic E-state index is 0.478. The molecule has 18 heavy (non-hydrogen) atoms. The molecule has 0 saturated heterocycles. The Kier molecular flexibility index (Phi) is 4.73. The number of halogens is 1. The van der Waals surface area contributed by atoms with Crippen molar-refractivity contribution in [3.8, 4) is 5.75 Å². The average molecular weight is 264 g/mol. The Morgan fingerprint density at radius 2 is 1.94 bits per heavy atom. The molecule has 1 N–H and O–H groups in total. The second-order valence-electron chi connectivity index (χ2n) is 3.80. The van der Waals surface area contributed by atoms with E-state index >= 15 is 0 Å². The Balaban J connectivity index is 2.38. The van der Waals surface area contributed by atoms with E-state index in [0.29, 0.717) is 20.1 Å². The van der Waals surface area contributed by atoms with E-state index in [1.807, 2.05) is 30.3 Å². The number of benzene rings is 2. The minimum absolute atomic E-state index is 0.478. The van der Waals surface area contributed by atoms with Gasteiger partial charge in [-0.2, -0.15) is 0 Å². The first-order valence-electron chi connectivity index (χ1n) is 5.80. The van der Waals surface area contributed by atoms with Crippen LogP contribution in [0.3, 0.4) is 0 Å². The molecule has 2 aromatic carbocycles. The van der Waals surface area contributed by atoms with E-state index in [1.165, 1.54) is 0 Å². The summed E-state index contributed by atoms with van der Waals surface area (Å²) in [6.07, 6.45) is 0. The van der Waals surface area contributed by atoms with Gasteiger partial charge in [0, 0.05) is 23.6 Å². The van der Waals surface area contributed by atoms with E-state index in [-0.39, 0.29) is 0 Å². The topological polar surface area (TPSA) is 30.5 Å². The number of fused-ring (bicyclic) bond motifs is 1. The third kappa shape index (κ3) is 2.89. The summed E-state index contributed by atoms with van der Waals surface area (Å²) in [5.41, 5.74) is 1.03. The first-order valence-corrected chi connectivity index (χ1v) is 6.33. The lowest BCUT2D eigenvalue weighted by Gasteiger charge is -2.12. The van der Waals surface area contributed by atoms with Crippen LogP contribution in [0, 0.1) is 0 Å². The summed E-state index contributed by atoms with van der Waals surface area (Å²) in [6.45, 7) is 0.510. The van der Waals surface area contributed by atoms with Crippen LogP contribution in [0.1, 0.15) is 0 Å². The molecule has 0 saturated carbocycles. The summed E-state index contributed by atoms with van der Waals surface area (Å²) in [5, 5.41) is 5.40. The summed E-state index contributed by atoms with van der Waals surface area (Å²) < 4.78 is 10.7. The number of nitrogens with one attached hydrogen (secondary N) is 1. The van der Waals surface area contributed by atoms with Crippen LogP contribution in [0.2, 0.25) is 0 Å². The third-order valence-electron chi connectivity index (χ3n) is 2.63. The van der Waals surface area contributed by atoms with Gasteiger partial charge in [-0.05, 0) is 12.1 Å². The number of hydrogen-bond donors (Lipinski definition) is 1. The standard InChI is InChI=1S/C13H15BClNO2/c1-17-14-16-12-6-7-13(18-9-8-15)11-5-3-2-4-10(11)12/h2-7,14,16H,8-9H2,1H3. The van der Waals surface area contributed by atoms with Crippen LogP contribution in [0.25, 0.3) is 10.8 Å². The van der Waals surface area contributed by atoms with Gasteiger partial charge in [-0.15, -0.1) is 11.6 Å². The molecule has 94 valence electrons. The van der Waals surface area contributed by atoms with Crippen molar-refractivity contribution < 1.29 is 9.39 Å². The first-order chi connectivity index (χ1) is 8.86. The van der Waals surface area contributed by atoms with Gasteiger partial charge < -0.3 is 14.6 Å². The van der Waals surface area contributed by atoms with Crippen molar-refractivity contribution in [1.29, 1.82) is 0 Å². The molecule has 0 amide bonds. The molecule has 5 heteroatoms. The lowest BCUT2D eigenvalue weighted by Crippen LogP contribution is -2.08. The first kappa shape index (κ1) is 13.1. The minimum Gasteiger partial charge on any atom is -0.492 e. The van der Waals surface area contributed by atoms with Crippen molar-refractivity contribution in [2.24, 2.45) is 0 Å². The number of ether oxygens (including phenoxy) is 1. The highest BCUT2D eigenvalue weighted by Gasteiger charge is 2.06. The van der Waals surface area contributed by atoms with Crippen molar-refractivity contribution in [3.05, 3.63) is 36.4 Å². The summed E-state index contributed by atoms with van der Waals surface area (Å²) in [5.74, 6) is 1.34. The van der Waals surface area contributed by atoms with Crippen LogP contribution >= 0.6 is 11.6 Å². The van der Waals surface area contributed by atoms with Gasteiger partial charge in [-0.1, -0.05) is 24.3 Å². The van der Waals surface area contributed by atoms with Crippen LogP contribution in [0.5, 0.6) is 5.75 Å². The van der Waals surface area contributed by atoms with Crippen molar-refractivity contribution in [3.63, 3.8) is 0 Å². The Hall–Kier alpha value is -1.39. The van der Waals surface area contributed by atoms with Crippen molar-refractivity contribution in [1.82, 2.24) is 0 Å². The maximum absolute atomic E-state index is 5.65. The Morgan fingerprint density at radius 1 is 1.17 bits per heavy atom. The average Bonchev–Trinajstić information content (AvgIpc) is 2.43. The van der Waals surface area contributed by atoms with Crippen LogP contribution in [0.4, 0.5) is 5.69 Å². The molecule has 0 spiro atoms. The third-order valence-corrected chi connectivity index (χ3v) is 2.78. The van der Waals surface area contributed by atoms with Gasteiger partial charge in [0.1, 0.15) is 12.4 Å². The van der Waals surface area contributed by atoms with Crippen LogP contribution in [-0.2, 0) is 4.65 Å². The predicted octanol–water partition coefficient (Wildman–Crippen LogP) is 2.78. The molecular formula is C13H15BClNO2. The molecule has 0 aliphatic heterocycles. The molecular weight excluding hydrogens is 248 g/mol. The van der Waals surface area contributed by atoms with E-state index in [2.05, 4.69) is 11.3 Å². The molecule has 0 aliphatic rings. The van der Waals surface area contributed by atoms with Gasteiger partial charge in [0.15, 0.2) is 0 Å². The number of hydrogen-bond acceptors (Lipinski definition) is 3. The molecule has 0 radical (unpaired) electrons. The molecule has 0 unspecified atom stereocenters. The summed E-state index contributed by atoms with van der Waals surface area (Å²) >= 11 is 5.65. The normalized spacial score (nSPS) is 10.3. The Bertz CT molecular complexity index is 475. The predicted molar refractivity (Wildman–Crippen MR) is 77.9 cm³/mol. The summed E-state index contributed by atoms with van der Waals surface area (Å²) in [7, 11) is 2.14. The summed E-state index contributed by atoms with van der Waals surface area (Å²) in [4.78, 5) is 0. The lowest BCUT2D eigenvalue weighted by atomic mass is 10.1. The van der Waals surface area contributed by atoms with Gasteiger partial charge >= 0.3 is 7.62 Å². The maximum Gasteiger partial charge on any atom is 0.393 e. The highest BCUT2D eigenvalue weighted by Crippen LogP contribution is 2.31. The smallest absolute Gasteiger partial charge is 0.393 e. The highest BCUT2D eigenvalue weighted by molar-refractivity contribution is 6.33. The number of anilines is 1. The van der Waals surface area contributed by atoms with Gasteiger partial charge in [-0.25, -0.2) is 0 Å². The van der Waals surface area contributed by atoms with Gasteiger partial charge in [-0.3, -0.25) is 0 Å². The van der Waals surface area contributed by atoms with Crippen LogP contribution in [0.15, 0.2) is 36.4 Å². The fourth-order valence-electron chi connectivity index (χ4n) is 1.85. The molecule has 0 bridgehead atoms. The zero-order valence-electron chi connectivity index (χ0n) is 10.3. The molecule has 0 aromatic heterocycles. The van der Waals surface area contributed by atoms with Crippen molar-refractivity contribution >= 4 is 35.7 Å². The van der Waals surface area contributed by atoms with E-state index in [4.69, 9.17) is 21.0 Å². The monoisotopic (exact) mass is 263 g/mol. The lowest BCUT2D eigenvalue weighted by molar-refractivity contribution is 0.347. The van der Waals surface area contributed by atoms with Crippen molar-refractivity contribution in [2.75, 3.05) is 24.8 Å². The molecule has 3 nitrogen and oxygen atoms in total. The zero-order chi connectivity index (χ0) is 12.8. The second-order valence-corrected chi connectivity index (χ2v) is 4.18. The molecule has 2 aromatic rings. The molecule has 0 aliphatic carbocycles. The van der Waals surface area contributed by atoms with E-state index < -0.39 is 0 Å². The van der Waals surface area contributed by atoms with Gasteiger partial charge in [0.2, 0.25) is 0 Å². The van der Waals surface area contributed by atoms with Crippen LogP contribution < -0.4 is 9.96 Å². The molecule has 0 heterocycles. The quantitative estimate of drug-likeness (QED) is 0.642.